The van der Waals surface area contributed by atoms with Crippen LogP contribution in [0.15, 0.2) is 24.3 Å². The van der Waals surface area contributed by atoms with Crippen molar-refractivity contribution in [1.29, 1.82) is 0 Å². The lowest BCUT2D eigenvalue weighted by molar-refractivity contribution is -0.137. The third kappa shape index (κ3) is 5.09. The Kier molecular flexibility index (Phi) is 5.71. The smallest absolute Gasteiger partial charge is 0.305 e. The molecule has 0 aromatic heterocycles. The SMILES string of the molecule is CC(=O)c1ccc(N(CCC(=O)O)CCC(=O)O)cc1. The summed E-state index contributed by atoms with van der Waals surface area (Å²) >= 11 is 0. The number of carbonyl (C=O) groups is 3. The van der Waals surface area contributed by atoms with Gasteiger partial charge in [-0.1, -0.05) is 0 Å². The minimum Gasteiger partial charge on any atom is -0.481 e. The number of Topliss-reactive ketones (excluding diaryl/α,β-unsaturated/α-hetero) is 1. The van der Waals surface area contributed by atoms with Gasteiger partial charge in [0.1, 0.15) is 0 Å². The van der Waals surface area contributed by atoms with Crippen molar-refractivity contribution in [2.45, 2.75) is 19.8 Å². The van der Waals surface area contributed by atoms with Crippen LogP contribution in [0.4, 0.5) is 5.69 Å². The predicted octanol–water partition coefficient (Wildman–Crippen LogP) is 1.65. The number of aliphatic carboxylic acids is 2. The largest absolute Gasteiger partial charge is 0.481 e. The number of nitrogens with zero attached hydrogens (tertiary/aromatic N) is 1. The molecule has 0 amide bonds. The fourth-order valence-corrected chi connectivity index (χ4v) is 1.74. The Morgan fingerprint density at radius 2 is 1.40 bits per heavy atom. The third-order valence-corrected chi connectivity index (χ3v) is 2.83. The first-order chi connectivity index (χ1) is 9.40. The van der Waals surface area contributed by atoms with E-state index in [1.165, 1.54) is 6.92 Å². The van der Waals surface area contributed by atoms with Crippen LogP contribution in [0.3, 0.4) is 0 Å². The molecule has 1 rings (SSSR count). The predicted molar refractivity (Wildman–Crippen MR) is 73.2 cm³/mol. The minimum absolute atomic E-state index is 0.0563. The number of ketones is 1. The molecular formula is C14H17NO5. The summed E-state index contributed by atoms with van der Waals surface area (Å²) in [7, 11) is 0. The van der Waals surface area contributed by atoms with Crippen LogP contribution in [0.2, 0.25) is 0 Å². The van der Waals surface area contributed by atoms with Crippen LogP contribution >= 0.6 is 0 Å². The number of carboxylic acid groups (broad SMARTS) is 2. The molecule has 6 nitrogen and oxygen atoms in total. The van der Waals surface area contributed by atoms with E-state index < -0.39 is 11.9 Å². The van der Waals surface area contributed by atoms with Gasteiger partial charge in [0, 0.05) is 24.3 Å². The average molecular weight is 279 g/mol. The van der Waals surface area contributed by atoms with Crippen molar-refractivity contribution in [2.24, 2.45) is 0 Å². The van der Waals surface area contributed by atoms with Crippen LogP contribution in [0.5, 0.6) is 0 Å². The third-order valence-electron chi connectivity index (χ3n) is 2.83. The number of hydrogen-bond acceptors (Lipinski definition) is 4. The van der Waals surface area contributed by atoms with Crippen molar-refractivity contribution >= 4 is 23.4 Å². The van der Waals surface area contributed by atoms with Gasteiger partial charge >= 0.3 is 11.9 Å². The summed E-state index contributed by atoms with van der Waals surface area (Å²) in [5.41, 5.74) is 1.27. The van der Waals surface area contributed by atoms with Crippen LogP contribution in [0.1, 0.15) is 30.1 Å². The molecule has 1 aromatic carbocycles. The van der Waals surface area contributed by atoms with Crippen LogP contribution < -0.4 is 4.90 Å². The number of anilines is 1. The molecule has 0 aliphatic rings. The van der Waals surface area contributed by atoms with Gasteiger partial charge in [-0.05, 0) is 31.2 Å². The normalized spacial score (nSPS) is 10.1. The van der Waals surface area contributed by atoms with E-state index in [1.54, 1.807) is 29.2 Å². The summed E-state index contributed by atoms with van der Waals surface area (Å²) in [5.74, 6) is -1.93. The number of hydrogen-bond donors (Lipinski definition) is 2. The summed E-state index contributed by atoms with van der Waals surface area (Å²) < 4.78 is 0. The van der Waals surface area contributed by atoms with E-state index in [0.29, 0.717) is 11.3 Å². The first kappa shape index (κ1) is 15.7. The number of benzene rings is 1. The van der Waals surface area contributed by atoms with Crippen molar-refractivity contribution in [2.75, 3.05) is 18.0 Å². The summed E-state index contributed by atoms with van der Waals surface area (Å²) in [6, 6.07) is 6.68. The van der Waals surface area contributed by atoms with Gasteiger partial charge in [-0.25, -0.2) is 0 Å². The maximum atomic E-state index is 11.2. The topological polar surface area (TPSA) is 94.9 Å². The molecular weight excluding hydrogens is 262 g/mol. The van der Waals surface area contributed by atoms with Gasteiger partial charge in [0.15, 0.2) is 5.78 Å². The number of carboxylic acids is 2. The standard InChI is InChI=1S/C14H17NO5/c1-10(16)11-2-4-12(5-3-11)15(8-6-13(17)18)9-7-14(19)20/h2-5H,6-9H2,1H3,(H,17,18)(H,19,20). The van der Waals surface area contributed by atoms with Crippen molar-refractivity contribution in [1.82, 2.24) is 0 Å². The van der Waals surface area contributed by atoms with Gasteiger partial charge in [-0.15, -0.1) is 0 Å². The Hall–Kier alpha value is -2.37. The molecule has 0 heterocycles. The van der Waals surface area contributed by atoms with Crippen molar-refractivity contribution in [3.63, 3.8) is 0 Å². The lowest BCUT2D eigenvalue weighted by Crippen LogP contribution is -2.28. The molecule has 2 N–H and O–H groups in total. The van der Waals surface area contributed by atoms with E-state index in [0.717, 1.165) is 0 Å². The molecule has 0 saturated heterocycles. The van der Waals surface area contributed by atoms with Gasteiger partial charge in [0.25, 0.3) is 0 Å². The second kappa shape index (κ2) is 7.28. The second-order valence-corrected chi connectivity index (χ2v) is 4.38. The van der Waals surface area contributed by atoms with Gasteiger partial charge in [0.05, 0.1) is 12.8 Å². The molecule has 0 atom stereocenters. The highest BCUT2D eigenvalue weighted by Crippen LogP contribution is 2.16. The number of rotatable bonds is 8. The fourth-order valence-electron chi connectivity index (χ4n) is 1.74. The van der Waals surface area contributed by atoms with E-state index in [1.807, 2.05) is 0 Å². The second-order valence-electron chi connectivity index (χ2n) is 4.38. The highest BCUT2D eigenvalue weighted by Gasteiger charge is 2.11. The molecule has 0 bridgehead atoms. The highest BCUT2D eigenvalue weighted by molar-refractivity contribution is 5.94. The molecule has 20 heavy (non-hydrogen) atoms. The monoisotopic (exact) mass is 279 g/mol. The molecule has 0 radical (unpaired) electrons. The zero-order valence-electron chi connectivity index (χ0n) is 11.2. The molecule has 0 unspecified atom stereocenters. The molecule has 0 aliphatic heterocycles. The van der Waals surface area contributed by atoms with E-state index >= 15 is 0 Å². The van der Waals surface area contributed by atoms with Crippen molar-refractivity contribution < 1.29 is 24.6 Å². The lowest BCUT2D eigenvalue weighted by atomic mass is 10.1. The molecule has 0 saturated carbocycles. The molecule has 0 fully saturated rings. The lowest BCUT2D eigenvalue weighted by Gasteiger charge is -2.23. The number of carbonyl (C=O) groups excluding carboxylic acids is 1. The van der Waals surface area contributed by atoms with Crippen LogP contribution in [-0.2, 0) is 9.59 Å². The average Bonchev–Trinajstić information content (AvgIpc) is 2.38. The van der Waals surface area contributed by atoms with E-state index in [2.05, 4.69) is 0 Å². The van der Waals surface area contributed by atoms with Gasteiger partial charge in [-0.2, -0.15) is 0 Å². The molecule has 6 heteroatoms. The molecule has 1 aromatic rings. The first-order valence-corrected chi connectivity index (χ1v) is 6.19. The van der Waals surface area contributed by atoms with Gasteiger partial charge < -0.3 is 15.1 Å². The minimum atomic E-state index is -0.939. The fraction of sp³-hybridized carbons (Fsp3) is 0.357. The van der Waals surface area contributed by atoms with E-state index in [-0.39, 0.29) is 31.7 Å². The van der Waals surface area contributed by atoms with Crippen LogP contribution in [0, 0.1) is 0 Å². The summed E-state index contributed by atoms with van der Waals surface area (Å²) in [5, 5.41) is 17.4. The molecule has 0 aliphatic carbocycles. The Bertz CT molecular complexity index is 477. The summed E-state index contributed by atoms with van der Waals surface area (Å²) in [4.78, 5) is 34.1. The molecule has 0 spiro atoms. The van der Waals surface area contributed by atoms with Crippen LogP contribution in [-0.4, -0.2) is 41.0 Å². The highest BCUT2D eigenvalue weighted by atomic mass is 16.4. The van der Waals surface area contributed by atoms with Crippen molar-refractivity contribution in [3.05, 3.63) is 29.8 Å². The maximum Gasteiger partial charge on any atom is 0.305 e. The van der Waals surface area contributed by atoms with E-state index in [4.69, 9.17) is 10.2 Å². The van der Waals surface area contributed by atoms with Crippen molar-refractivity contribution in [3.8, 4) is 0 Å². The maximum absolute atomic E-state index is 11.2. The Balaban J connectivity index is 2.81. The van der Waals surface area contributed by atoms with Gasteiger partial charge in [-0.3, -0.25) is 14.4 Å². The first-order valence-electron chi connectivity index (χ1n) is 6.19. The van der Waals surface area contributed by atoms with E-state index in [9.17, 15) is 14.4 Å². The quantitative estimate of drug-likeness (QED) is 0.702. The van der Waals surface area contributed by atoms with Crippen LogP contribution in [0.25, 0.3) is 0 Å². The Morgan fingerprint density at radius 1 is 0.950 bits per heavy atom. The Labute approximate surface area is 116 Å². The summed E-state index contributed by atoms with van der Waals surface area (Å²) in [6.45, 7) is 1.91. The Morgan fingerprint density at radius 3 is 1.75 bits per heavy atom. The zero-order chi connectivity index (χ0) is 15.1. The molecule has 108 valence electrons. The zero-order valence-corrected chi connectivity index (χ0v) is 11.2. The van der Waals surface area contributed by atoms with Gasteiger partial charge in [0.2, 0.25) is 0 Å². The summed E-state index contributed by atoms with van der Waals surface area (Å²) in [6.07, 6.45) is -0.151.